The molecule has 2 aliphatic heterocycles. The molecule has 2 aliphatic rings. The van der Waals surface area contributed by atoms with Crippen molar-refractivity contribution in [1.82, 2.24) is 9.88 Å². The molecule has 1 aromatic heterocycles. The van der Waals surface area contributed by atoms with Gasteiger partial charge in [-0.1, -0.05) is 17.8 Å². The van der Waals surface area contributed by atoms with Crippen molar-refractivity contribution >= 4 is 17.7 Å². The van der Waals surface area contributed by atoms with E-state index in [4.69, 9.17) is 9.47 Å². The predicted octanol–water partition coefficient (Wildman–Crippen LogP) is 1.97. The molecule has 3 unspecified atom stereocenters. The lowest BCUT2D eigenvalue weighted by atomic mass is 9.99. The highest BCUT2D eigenvalue weighted by molar-refractivity contribution is 8.00. The highest BCUT2D eigenvalue weighted by Crippen LogP contribution is 2.31. The maximum atomic E-state index is 12.8. The normalized spacial score (nSPS) is 29.7. The molecular weight excluding hydrogens is 300 g/mol. The number of thioether (sulfide) groups is 1. The van der Waals surface area contributed by atoms with Crippen LogP contribution in [0.4, 0.5) is 0 Å². The lowest BCUT2D eigenvalue weighted by Gasteiger charge is -2.43. The van der Waals surface area contributed by atoms with Crippen LogP contribution in [0.1, 0.15) is 20.3 Å². The maximum absolute atomic E-state index is 12.8. The Balaban J connectivity index is 1.65. The molecule has 0 saturated carbocycles. The summed E-state index contributed by atoms with van der Waals surface area (Å²) in [5, 5.41) is 0.725. The number of carbonyl (C=O) groups is 1. The molecule has 6 heteroatoms. The van der Waals surface area contributed by atoms with Crippen LogP contribution >= 0.6 is 11.8 Å². The first kappa shape index (κ1) is 15.8. The van der Waals surface area contributed by atoms with Gasteiger partial charge in [-0.05, 0) is 26.0 Å². The van der Waals surface area contributed by atoms with Gasteiger partial charge in [0.25, 0.3) is 0 Å². The third-order valence-electron chi connectivity index (χ3n) is 4.07. The Labute approximate surface area is 135 Å². The summed E-state index contributed by atoms with van der Waals surface area (Å²) in [6.07, 6.45) is 2.66. The minimum atomic E-state index is -0.303. The molecule has 1 aromatic rings. The number of amides is 1. The van der Waals surface area contributed by atoms with Gasteiger partial charge in [-0.3, -0.25) is 4.79 Å². The van der Waals surface area contributed by atoms with E-state index in [2.05, 4.69) is 4.98 Å². The number of hydrogen-bond donors (Lipinski definition) is 0. The summed E-state index contributed by atoms with van der Waals surface area (Å²) in [6, 6.07) is 5.75. The molecule has 1 spiro atoms. The molecule has 0 aromatic carbocycles. The SMILES string of the molecule is CC1CN(C(=O)C(C)Sc2ccccn2)CC2(CCOC2)O1. The van der Waals surface area contributed by atoms with E-state index in [9.17, 15) is 4.79 Å². The van der Waals surface area contributed by atoms with E-state index < -0.39 is 0 Å². The second-order valence-corrected chi connectivity index (χ2v) is 7.42. The van der Waals surface area contributed by atoms with Crippen LogP contribution in [0.25, 0.3) is 0 Å². The molecule has 0 aliphatic carbocycles. The Morgan fingerprint density at radius 1 is 1.55 bits per heavy atom. The number of hydrogen-bond acceptors (Lipinski definition) is 5. The molecule has 5 nitrogen and oxygen atoms in total. The van der Waals surface area contributed by atoms with Gasteiger partial charge in [0, 0.05) is 25.8 Å². The first-order valence-corrected chi connectivity index (χ1v) is 8.58. The first-order chi connectivity index (χ1) is 10.6. The number of ether oxygens (including phenoxy) is 2. The first-order valence-electron chi connectivity index (χ1n) is 7.70. The van der Waals surface area contributed by atoms with Crippen molar-refractivity contribution in [2.24, 2.45) is 0 Å². The summed E-state index contributed by atoms with van der Waals surface area (Å²) >= 11 is 1.50. The largest absolute Gasteiger partial charge is 0.378 e. The van der Waals surface area contributed by atoms with Crippen LogP contribution in [0.3, 0.4) is 0 Å². The second-order valence-electron chi connectivity index (χ2n) is 6.06. The Morgan fingerprint density at radius 3 is 3.09 bits per heavy atom. The summed E-state index contributed by atoms with van der Waals surface area (Å²) in [5.41, 5.74) is -0.303. The van der Waals surface area contributed by atoms with Crippen molar-refractivity contribution in [1.29, 1.82) is 0 Å². The molecule has 1 amide bonds. The smallest absolute Gasteiger partial charge is 0.236 e. The fraction of sp³-hybridized carbons (Fsp3) is 0.625. The third kappa shape index (κ3) is 3.45. The standard InChI is InChI=1S/C16H22N2O3S/c1-12-9-18(10-16(21-12)6-8-20-11-16)15(19)13(2)22-14-5-3-4-7-17-14/h3-5,7,12-13H,6,8-11H2,1-2H3. The molecule has 22 heavy (non-hydrogen) atoms. The maximum Gasteiger partial charge on any atom is 0.236 e. The Morgan fingerprint density at radius 2 is 2.41 bits per heavy atom. The zero-order valence-corrected chi connectivity index (χ0v) is 13.8. The average Bonchev–Trinajstić information content (AvgIpc) is 2.94. The van der Waals surface area contributed by atoms with Crippen molar-refractivity contribution in [2.75, 3.05) is 26.3 Å². The van der Waals surface area contributed by atoms with Gasteiger partial charge in [-0.15, -0.1) is 0 Å². The third-order valence-corrected chi connectivity index (χ3v) is 5.11. The zero-order valence-electron chi connectivity index (χ0n) is 13.0. The Bertz CT molecular complexity index is 519. The lowest BCUT2D eigenvalue weighted by molar-refractivity contribution is -0.165. The van der Waals surface area contributed by atoms with Crippen LogP contribution < -0.4 is 0 Å². The second kappa shape index (κ2) is 6.56. The van der Waals surface area contributed by atoms with E-state index in [0.29, 0.717) is 26.3 Å². The Hall–Kier alpha value is -1.11. The summed E-state index contributed by atoms with van der Waals surface area (Å²) in [6.45, 7) is 6.54. The number of carbonyl (C=O) groups excluding carboxylic acids is 1. The van der Waals surface area contributed by atoms with Crippen molar-refractivity contribution in [3.63, 3.8) is 0 Å². The van der Waals surface area contributed by atoms with E-state index in [1.54, 1.807) is 6.20 Å². The van der Waals surface area contributed by atoms with Gasteiger partial charge < -0.3 is 14.4 Å². The Kier molecular flexibility index (Phi) is 4.70. The predicted molar refractivity (Wildman–Crippen MR) is 84.9 cm³/mol. The molecule has 2 fully saturated rings. The molecule has 3 rings (SSSR count). The van der Waals surface area contributed by atoms with Crippen molar-refractivity contribution < 1.29 is 14.3 Å². The topological polar surface area (TPSA) is 51.7 Å². The van der Waals surface area contributed by atoms with E-state index in [0.717, 1.165) is 11.4 Å². The van der Waals surface area contributed by atoms with E-state index >= 15 is 0 Å². The van der Waals surface area contributed by atoms with Gasteiger partial charge in [0.05, 0.1) is 29.5 Å². The molecule has 0 N–H and O–H groups in total. The summed E-state index contributed by atoms with van der Waals surface area (Å²) in [4.78, 5) is 19.0. The fourth-order valence-corrected chi connectivity index (χ4v) is 3.99. The van der Waals surface area contributed by atoms with Crippen LogP contribution in [0.15, 0.2) is 29.4 Å². The van der Waals surface area contributed by atoms with Gasteiger partial charge in [0.1, 0.15) is 5.60 Å². The monoisotopic (exact) mass is 322 g/mol. The fourth-order valence-electron chi connectivity index (χ4n) is 3.10. The lowest BCUT2D eigenvalue weighted by Crippen LogP contribution is -2.58. The van der Waals surface area contributed by atoms with Gasteiger partial charge in [-0.2, -0.15) is 0 Å². The molecule has 120 valence electrons. The van der Waals surface area contributed by atoms with E-state index in [-0.39, 0.29) is 22.9 Å². The molecule has 3 heterocycles. The molecule has 0 bridgehead atoms. The summed E-state index contributed by atoms with van der Waals surface area (Å²) in [5.74, 6) is 0.150. The highest BCUT2D eigenvalue weighted by atomic mass is 32.2. The summed E-state index contributed by atoms with van der Waals surface area (Å²) in [7, 11) is 0. The van der Waals surface area contributed by atoms with Gasteiger partial charge in [-0.25, -0.2) is 4.98 Å². The number of aromatic nitrogens is 1. The van der Waals surface area contributed by atoms with Crippen molar-refractivity contribution in [2.45, 2.75) is 42.2 Å². The molecular formula is C16H22N2O3S. The minimum absolute atomic E-state index is 0.0476. The van der Waals surface area contributed by atoms with Crippen LogP contribution in [0.2, 0.25) is 0 Å². The van der Waals surface area contributed by atoms with E-state index in [1.165, 1.54) is 11.8 Å². The van der Waals surface area contributed by atoms with Crippen LogP contribution in [-0.4, -0.2) is 59.0 Å². The minimum Gasteiger partial charge on any atom is -0.378 e. The quantitative estimate of drug-likeness (QED) is 0.796. The van der Waals surface area contributed by atoms with Crippen molar-refractivity contribution in [3.8, 4) is 0 Å². The highest BCUT2D eigenvalue weighted by Gasteiger charge is 2.44. The number of morpholine rings is 1. The average molecular weight is 322 g/mol. The molecule has 2 saturated heterocycles. The zero-order chi connectivity index (χ0) is 15.6. The van der Waals surface area contributed by atoms with Gasteiger partial charge in [0.2, 0.25) is 5.91 Å². The number of rotatable bonds is 3. The van der Waals surface area contributed by atoms with Crippen LogP contribution in [0.5, 0.6) is 0 Å². The number of pyridine rings is 1. The molecule has 0 radical (unpaired) electrons. The van der Waals surface area contributed by atoms with Gasteiger partial charge >= 0.3 is 0 Å². The van der Waals surface area contributed by atoms with Crippen molar-refractivity contribution in [3.05, 3.63) is 24.4 Å². The van der Waals surface area contributed by atoms with Crippen LogP contribution in [-0.2, 0) is 14.3 Å². The van der Waals surface area contributed by atoms with E-state index in [1.807, 2.05) is 36.9 Å². The molecule has 3 atom stereocenters. The van der Waals surface area contributed by atoms with Gasteiger partial charge in [0.15, 0.2) is 0 Å². The number of nitrogens with zero attached hydrogens (tertiary/aromatic N) is 2. The van der Waals surface area contributed by atoms with Crippen LogP contribution in [0, 0.1) is 0 Å². The summed E-state index contributed by atoms with van der Waals surface area (Å²) < 4.78 is 11.6.